The van der Waals surface area contributed by atoms with Gasteiger partial charge in [0, 0.05) is 41.9 Å². The molecule has 1 aliphatic heterocycles. The summed E-state index contributed by atoms with van der Waals surface area (Å²) in [6, 6.07) is 13.8. The number of aromatic nitrogens is 1. The van der Waals surface area contributed by atoms with Gasteiger partial charge < -0.3 is 9.80 Å². The highest BCUT2D eigenvalue weighted by Crippen LogP contribution is 2.33. The standard InChI is InChI=1S/C21H22ClN3OS2/c1-14(2)27-16-8-6-15(7-9-16)20(26)24-10-12-25(13-11-24)21-23-19-17(22)4-3-5-18(19)28-21/h3-9,14H,10-13H2,1-2H3. The molecule has 146 valence electrons. The SMILES string of the molecule is CC(C)Sc1ccc(C(=O)N2CCN(c3nc4c(Cl)cccc4s3)CC2)cc1. The molecule has 3 aromatic rings. The fraction of sp³-hybridized carbons (Fsp3) is 0.333. The van der Waals surface area contributed by atoms with Crippen molar-refractivity contribution in [2.45, 2.75) is 24.0 Å². The largest absolute Gasteiger partial charge is 0.345 e. The molecule has 4 rings (SSSR count). The molecule has 0 radical (unpaired) electrons. The molecule has 0 bridgehead atoms. The van der Waals surface area contributed by atoms with Crippen molar-refractivity contribution in [3.63, 3.8) is 0 Å². The molecule has 28 heavy (non-hydrogen) atoms. The van der Waals surface area contributed by atoms with Gasteiger partial charge in [0.15, 0.2) is 5.13 Å². The number of nitrogens with zero attached hydrogens (tertiary/aromatic N) is 3. The molecule has 1 saturated heterocycles. The normalized spacial score (nSPS) is 14.9. The number of thiazole rings is 1. The molecule has 0 unspecified atom stereocenters. The monoisotopic (exact) mass is 431 g/mol. The third-order valence-electron chi connectivity index (χ3n) is 4.67. The second-order valence-corrected chi connectivity index (χ2v) is 10.1. The third kappa shape index (κ3) is 4.14. The van der Waals surface area contributed by atoms with Crippen LogP contribution in [-0.2, 0) is 0 Å². The summed E-state index contributed by atoms with van der Waals surface area (Å²) in [5.41, 5.74) is 1.62. The third-order valence-corrected chi connectivity index (χ3v) is 7.07. The highest BCUT2D eigenvalue weighted by molar-refractivity contribution is 7.99. The van der Waals surface area contributed by atoms with Crippen LogP contribution in [0.25, 0.3) is 10.2 Å². The van der Waals surface area contributed by atoms with E-state index in [1.807, 2.05) is 59.1 Å². The summed E-state index contributed by atoms with van der Waals surface area (Å²) in [7, 11) is 0. The van der Waals surface area contributed by atoms with Crippen LogP contribution >= 0.6 is 34.7 Å². The quantitative estimate of drug-likeness (QED) is 0.517. The van der Waals surface area contributed by atoms with E-state index in [9.17, 15) is 4.79 Å². The number of halogens is 1. The van der Waals surface area contributed by atoms with Crippen LogP contribution in [-0.4, -0.2) is 47.2 Å². The van der Waals surface area contributed by atoms with Crippen molar-refractivity contribution in [2.75, 3.05) is 31.1 Å². The van der Waals surface area contributed by atoms with Crippen LogP contribution in [0.3, 0.4) is 0 Å². The lowest BCUT2D eigenvalue weighted by molar-refractivity contribution is 0.0746. The zero-order valence-electron chi connectivity index (χ0n) is 15.9. The first-order valence-electron chi connectivity index (χ1n) is 9.37. The minimum Gasteiger partial charge on any atom is -0.345 e. The Kier molecular flexibility index (Phi) is 5.80. The number of thioether (sulfide) groups is 1. The van der Waals surface area contributed by atoms with Crippen LogP contribution in [0.5, 0.6) is 0 Å². The fourth-order valence-corrected chi connectivity index (χ4v) is 5.42. The number of para-hydroxylation sites is 1. The smallest absolute Gasteiger partial charge is 0.253 e. The number of piperazine rings is 1. The first-order chi connectivity index (χ1) is 13.5. The lowest BCUT2D eigenvalue weighted by Crippen LogP contribution is -2.48. The van der Waals surface area contributed by atoms with Crippen molar-refractivity contribution < 1.29 is 4.79 Å². The summed E-state index contributed by atoms with van der Waals surface area (Å²) in [5, 5.41) is 2.20. The Morgan fingerprint density at radius 3 is 2.46 bits per heavy atom. The summed E-state index contributed by atoms with van der Waals surface area (Å²) in [6.45, 7) is 7.30. The van der Waals surface area contributed by atoms with E-state index in [1.54, 1.807) is 11.3 Å². The molecule has 1 aliphatic rings. The Bertz CT molecular complexity index is 979. The molecular formula is C21H22ClN3OS2. The van der Waals surface area contributed by atoms with Gasteiger partial charge in [-0.3, -0.25) is 4.79 Å². The van der Waals surface area contributed by atoms with E-state index < -0.39 is 0 Å². The fourth-order valence-electron chi connectivity index (χ4n) is 3.27. The van der Waals surface area contributed by atoms with E-state index in [4.69, 9.17) is 16.6 Å². The summed E-state index contributed by atoms with van der Waals surface area (Å²) >= 11 is 9.71. The second-order valence-electron chi connectivity index (χ2n) is 7.05. The number of hydrogen-bond acceptors (Lipinski definition) is 5. The molecule has 0 saturated carbocycles. The Labute approximate surface area is 178 Å². The van der Waals surface area contributed by atoms with Gasteiger partial charge in [-0.05, 0) is 36.4 Å². The van der Waals surface area contributed by atoms with Gasteiger partial charge in [-0.15, -0.1) is 11.8 Å². The average molecular weight is 432 g/mol. The Balaban J connectivity index is 1.40. The highest BCUT2D eigenvalue weighted by atomic mass is 35.5. The van der Waals surface area contributed by atoms with Gasteiger partial charge in [-0.2, -0.15) is 0 Å². The number of fused-ring (bicyclic) bond motifs is 1. The Morgan fingerprint density at radius 2 is 1.82 bits per heavy atom. The molecule has 4 nitrogen and oxygen atoms in total. The number of amides is 1. The molecule has 0 spiro atoms. The van der Waals surface area contributed by atoms with E-state index in [0.29, 0.717) is 23.4 Å². The maximum atomic E-state index is 12.8. The molecule has 7 heteroatoms. The molecule has 1 fully saturated rings. The van der Waals surface area contributed by atoms with E-state index in [-0.39, 0.29) is 5.91 Å². The number of rotatable bonds is 4. The zero-order valence-corrected chi connectivity index (χ0v) is 18.3. The van der Waals surface area contributed by atoms with Crippen LogP contribution in [0.4, 0.5) is 5.13 Å². The number of carbonyl (C=O) groups excluding carboxylic acids is 1. The molecule has 2 heterocycles. The summed E-state index contributed by atoms with van der Waals surface area (Å²) in [5.74, 6) is 0.105. The van der Waals surface area contributed by atoms with Crippen molar-refractivity contribution in [1.29, 1.82) is 0 Å². The maximum Gasteiger partial charge on any atom is 0.253 e. The topological polar surface area (TPSA) is 36.4 Å². The molecular weight excluding hydrogens is 410 g/mol. The molecule has 0 atom stereocenters. The number of anilines is 1. The van der Waals surface area contributed by atoms with Crippen molar-refractivity contribution >= 4 is 56.0 Å². The van der Waals surface area contributed by atoms with Gasteiger partial charge in [0.05, 0.1) is 9.72 Å². The Morgan fingerprint density at radius 1 is 1.11 bits per heavy atom. The number of benzene rings is 2. The van der Waals surface area contributed by atoms with Gasteiger partial charge in [-0.25, -0.2) is 4.98 Å². The highest BCUT2D eigenvalue weighted by Gasteiger charge is 2.24. The van der Waals surface area contributed by atoms with Crippen molar-refractivity contribution in [3.8, 4) is 0 Å². The predicted octanol–water partition coefficient (Wildman–Crippen LogP) is 5.41. The summed E-state index contributed by atoms with van der Waals surface area (Å²) in [6.07, 6.45) is 0. The molecule has 0 aliphatic carbocycles. The lowest BCUT2D eigenvalue weighted by atomic mass is 10.2. The van der Waals surface area contributed by atoms with Crippen LogP contribution in [0, 0.1) is 0 Å². The number of hydrogen-bond donors (Lipinski definition) is 0. The van der Waals surface area contributed by atoms with Crippen LogP contribution in [0.1, 0.15) is 24.2 Å². The van der Waals surface area contributed by atoms with Gasteiger partial charge >= 0.3 is 0 Å². The van der Waals surface area contributed by atoms with Gasteiger partial charge in [0.1, 0.15) is 5.52 Å². The second kappa shape index (κ2) is 8.31. The van der Waals surface area contributed by atoms with Crippen molar-refractivity contribution in [2.24, 2.45) is 0 Å². The molecule has 0 N–H and O–H groups in total. The van der Waals surface area contributed by atoms with Crippen molar-refractivity contribution in [3.05, 3.63) is 53.1 Å². The maximum absolute atomic E-state index is 12.8. The van der Waals surface area contributed by atoms with Gasteiger partial charge in [-0.1, -0.05) is 42.9 Å². The van der Waals surface area contributed by atoms with Gasteiger partial charge in [0.2, 0.25) is 0 Å². The van der Waals surface area contributed by atoms with Crippen LogP contribution < -0.4 is 4.90 Å². The summed E-state index contributed by atoms with van der Waals surface area (Å²) < 4.78 is 1.10. The lowest BCUT2D eigenvalue weighted by Gasteiger charge is -2.34. The first kappa shape index (κ1) is 19.6. The van der Waals surface area contributed by atoms with E-state index in [0.717, 1.165) is 34.0 Å². The Hall–Kier alpha value is -1.76. The first-order valence-corrected chi connectivity index (χ1v) is 11.4. The number of carbonyl (C=O) groups is 1. The van der Waals surface area contributed by atoms with Crippen LogP contribution in [0.15, 0.2) is 47.4 Å². The molecule has 1 aromatic heterocycles. The minimum atomic E-state index is 0.105. The zero-order chi connectivity index (χ0) is 19.7. The minimum absolute atomic E-state index is 0.105. The van der Waals surface area contributed by atoms with Crippen molar-refractivity contribution in [1.82, 2.24) is 9.88 Å². The predicted molar refractivity (Wildman–Crippen MR) is 120 cm³/mol. The summed E-state index contributed by atoms with van der Waals surface area (Å²) in [4.78, 5) is 22.9. The molecule has 2 aromatic carbocycles. The van der Waals surface area contributed by atoms with E-state index in [1.165, 1.54) is 4.90 Å². The van der Waals surface area contributed by atoms with E-state index in [2.05, 4.69) is 18.7 Å². The van der Waals surface area contributed by atoms with E-state index >= 15 is 0 Å². The molecule has 1 amide bonds. The average Bonchev–Trinajstić information content (AvgIpc) is 3.13. The van der Waals surface area contributed by atoms with Gasteiger partial charge in [0.25, 0.3) is 5.91 Å². The van der Waals surface area contributed by atoms with Crippen LogP contribution in [0.2, 0.25) is 5.02 Å².